The number of aromatic nitrogens is 2. The molecule has 0 aliphatic carbocycles. The first-order valence-corrected chi connectivity index (χ1v) is 5.51. The second kappa shape index (κ2) is 4.46. The maximum Gasteiger partial charge on any atom is 0.207 e. The molecular formula is C9H9ClN4S. The summed E-state index contributed by atoms with van der Waals surface area (Å²) in [5.74, 6) is 0. The van der Waals surface area contributed by atoms with Gasteiger partial charge in [0.05, 0.1) is 0 Å². The van der Waals surface area contributed by atoms with Crippen molar-refractivity contribution in [2.24, 2.45) is 0 Å². The minimum absolute atomic E-state index is 0.466. The number of hydrogen-bond donors (Lipinski definition) is 2. The Kier molecular flexibility index (Phi) is 3.03. The van der Waals surface area contributed by atoms with E-state index in [-0.39, 0.29) is 0 Å². The number of nitrogen functional groups attached to an aromatic ring is 1. The van der Waals surface area contributed by atoms with Crippen LogP contribution in [0.25, 0.3) is 0 Å². The molecule has 78 valence electrons. The molecule has 1 heterocycles. The first-order valence-electron chi connectivity index (χ1n) is 4.31. The maximum atomic E-state index is 5.77. The van der Waals surface area contributed by atoms with Crippen molar-refractivity contribution >= 4 is 33.2 Å². The normalized spacial score (nSPS) is 10.2. The van der Waals surface area contributed by atoms with E-state index in [1.807, 2.05) is 24.3 Å². The summed E-state index contributed by atoms with van der Waals surface area (Å²) in [5.41, 5.74) is 6.59. The molecule has 0 spiro atoms. The van der Waals surface area contributed by atoms with Crippen molar-refractivity contribution in [2.75, 3.05) is 11.1 Å². The van der Waals surface area contributed by atoms with Gasteiger partial charge in [0, 0.05) is 11.6 Å². The molecule has 3 N–H and O–H groups in total. The number of benzene rings is 1. The van der Waals surface area contributed by atoms with Crippen molar-refractivity contribution < 1.29 is 0 Å². The van der Waals surface area contributed by atoms with Crippen LogP contribution in [0.15, 0.2) is 24.3 Å². The lowest BCUT2D eigenvalue weighted by Gasteiger charge is -2.01. The van der Waals surface area contributed by atoms with Crippen molar-refractivity contribution in [3.8, 4) is 0 Å². The Hall–Kier alpha value is -1.33. The molecule has 0 saturated carbocycles. The Morgan fingerprint density at radius 1 is 1.27 bits per heavy atom. The van der Waals surface area contributed by atoms with Gasteiger partial charge in [-0.15, -0.1) is 10.2 Å². The average molecular weight is 241 g/mol. The highest BCUT2D eigenvalue weighted by atomic mass is 35.5. The standard InChI is InChI=1S/C9H9ClN4S/c10-7-3-1-6(2-4-7)5-12-9-14-13-8(11)15-9/h1-4H,5H2,(H2,11,13)(H,12,14). The van der Waals surface area contributed by atoms with Crippen molar-refractivity contribution in [3.63, 3.8) is 0 Å². The van der Waals surface area contributed by atoms with Crippen LogP contribution in [0.1, 0.15) is 5.56 Å². The summed E-state index contributed by atoms with van der Waals surface area (Å²) in [4.78, 5) is 0. The lowest BCUT2D eigenvalue weighted by molar-refractivity contribution is 1.06. The molecule has 0 aliphatic rings. The van der Waals surface area contributed by atoms with Crippen LogP contribution >= 0.6 is 22.9 Å². The molecule has 6 heteroatoms. The lowest BCUT2D eigenvalue weighted by atomic mass is 10.2. The first-order chi connectivity index (χ1) is 7.24. The van der Waals surface area contributed by atoms with E-state index in [0.717, 1.165) is 15.7 Å². The van der Waals surface area contributed by atoms with Gasteiger partial charge in [0.25, 0.3) is 0 Å². The minimum Gasteiger partial charge on any atom is -0.374 e. The Labute approximate surface area is 96.1 Å². The lowest BCUT2D eigenvalue weighted by Crippen LogP contribution is -1.98. The van der Waals surface area contributed by atoms with Crippen LogP contribution in [-0.4, -0.2) is 10.2 Å². The van der Waals surface area contributed by atoms with E-state index < -0.39 is 0 Å². The third-order valence-electron chi connectivity index (χ3n) is 1.80. The molecule has 0 amide bonds. The van der Waals surface area contributed by atoms with E-state index in [1.54, 1.807) is 0 Å². The molecule has 1 aromatic heterocycles. The molecule has 0 unspecified atom stereocenters. The molecule has 1 aromatic carbocycles. The van der Waals surface area contributed by atoms with Crippen molar-refractivity contribution in [3.05, 3.63) is 34.9 Å². The third-order valence-corrected chi connectivity index (χ3v) is 2.76. The fourth-order valence-corrected chi connectivity index (χ4v) is 1.72. The maximum absolute atomic E-state index is 5.77. The van der Waals surface area contributed by atoms with Crippen LogP contribution < -0.4 is 11.1 Å². The zero-order valence-corrected chi connectivity index (χ0v) is 9.35. The zero-order valence-electron chi connectivity index (χ0n) is 7.77. The van der Waals surface area contributed by atoms with Gasteiger partial charge in [0.15, 0.2) is 0 Å². The summed E-state index contributed by atoms with van der Waals surface area (Å²) in [6, 6.07) is 7.62. The fourth-order valence-electron chi connectivity index (χ4n) is 1.09. The van der Waals surface area contributed by atoms with E-state index >= 15 is 0 Å². The molecular weight excluding hydrogens is 232 g/mol. The number of hydrogen-bond acceptors (Lipinski definition) is 5. The number of rotatable bonds is 3. The predicted octanol–water partition coefficient (Wildman–Crippen LogP) is 2.39. The van der Waals surface area contributed by atoms with E-state index in [0.29, 0.717) is 11.7 Å². The van der Waals surface area contributed by atoms with Gasteiger partial charge in [-0.1, -0.05) is 35.1 Å². The van der Waals surface area contributed by atoms with Gasteiger partial charge >= 0.3 is 0 Å². The molecule has 0 bridgehead atoms. The van der Waals surface area contributed by atoms with Gasteiger partial charge in [0.1, 0.15) is 0 Å². The second-order valence-electron chi connectivity index (χ2n) is 2.93. The van der Waals surface area contributed by atoms with Crippen molar-refractivity contribution in [2.45, 2.75) is 6.54 Å². The number of nitrogens with two attached hydrogens (primary N) is 1. The quantitative estimate of drug-likeness (QED) is 0.865. The fraction of sp³-hybridized carbons (Fsp3) is 0.111. The monoisotopic (exact) mass is 240 g/mol. The van der Waals surface area contributed by atoms with Gasteiger partial charge < -0.3 is 11.1 Å². The van der Waals surface area contributed by atoms with Crippen LogP contribution in [0.3, 0.4) is 0 Å². The van der Waals surface area contributed by atoms with Crippen LogP contribution in [-0.2, 0) is 6.54 Å². The average Bonchev–Trinajstić information content (AvgIpc) is 2.64. The van der Waals surface area contributed by atoms with Crippen molar-refractivity contribution in [1.82, 2.24) is 10.2 Å². The zero-order chi connectivity index (χ0) is 10.7. The van der Waals surface area contributed by atoms with Crippen LogP contribution in [0.5, 0.6) is 0 Å². The summed E-state index contributed by atoms with van der Waals surface area (Å²) >= 11 is 7.10. The molecule has 0 radical (unpaired) electrons. The van der Waals surface area contributed by atoms with Crippen LogP contribution in [0, 0.1) is 0 Å². The Morgan fingerprint density at radius 2 is 2.00 bits per heavy atom. The van der Waals surface area contributed by atoms with Gasteiger partial charge in [-0.2, -0.15) is 0 Å². The Bertz CT molecular complexity index is 440. The number of nitrogens with zero attached hydrogens (tertiary/aromatic N) is 2. The first kappa shape index (κ1) is 10.2. The summed E-state index contributed by atoms with van der Waals surface area (Å²) in [7, 11) is 0. The van der Waals surface area contributed by atoms with Gasteiger partial charge in [-0.05, 0) is 17.7 Å². The molecule has 0 saturated heterocycles. The smallest absolute Gasteiger partial charge is 0.207 e. The molecule has 15 heavy (non-hydrogen) atoms. The molecule has 0 fully saturated rings. The molecule has 4 nitrogen and oxygen atoms in total. The van der Waals surface area contributed by atoms with Gasteiger partial charge in [0.2, 0.25) is 10.3 Å². The largest absolute Gasteiger partial charge is 0.374 e. The van der Waals surface area contributed by atoms with E-state index in [9.17, 15) is 0 Å². The number of halogens is 1. The van der Waals surface area contributed by atoms with E-state index in [4.69, 9.17) is 17.3 Å². The summed E-state index contributed by atoms with van der Waals surface area (Å²) in [6.07, 6.45) is 0. The summed E-state index contributed by atoms with van der Waals surface area (Å²) in [6.45, 7) is 0.686. The molecule has 2 rings (SSSR count). The van der Waals surface area contributed by atoms with Crippen LogP contribution in [0.4, 0.5) is 10.3 Å². The third kappa shape index (κ3) is 2.81. The Morgan fingerprint density at radius 3 is 2.60 bits per heavy atom. The topological polar surface area (TPSA) is 63.8 Å². The molecule has 2 aromatic rings. The number of nitrogens with one attached hydrogen (secondary N) is 1. The van der Waals surface area contributed by atoms with Gasteiger partial charge in [-0.25, -0.2) is 0 Å². The highest BCUT2D eigenvalue weighted by Gasteiger charge is 1.99. The highest BCUT2D eigenvalue weighted by Crippen LogP contribution is 2.17. The van der Waals surface area contributed by atoms with Crippen LogP contribution in [0.2, 0.25) is 5.02 Å². The van der Waals surface area contributed by atoms with E-state index in [1.165, 1.54) is 11.3 Å². The molecule has 0 aliphatic heterocycles. The highest BCUT2D eigenvalue weighted by molar-refractivity contribution is 7.18. The summed E-state index contributed by atoms with van der Waals surface area (Å²) in [5, 5.41) is 12.6. The van der Waals surface area contributed by atoms with Gasteiger partial charge in [-0.3, -0.25) is 0 Å². The number of anilines is 2. The Balaban J connectivity index is 1.96. The van der Waals surface area contributed by atoms with E-state index in [2.05, 4.69) is 15.5 Å². The SMILES string of the molecule is Nc1nnc(NCc2ccc(Cl)cc2)s1. The summed E-state index contributed by atoms with van der Waals surface area (Å²) < 4.78 is 0. The second-order valence-corrected chi connectivity index (χ2v) is 4.37. The van der Waals surface area contributed by atoms with Crippen molar-refractivity contribution in [1.29, 1.82) is 0 Å². The molecule has 0 atom stereocenters. The predicted molar refractivity (Wildman–Crippen MR) is 63.1 cm³/mol. The minimum atomic E-state index is 0.466.